The summed E-state index contributed by atoms with van der Waals surface area (Å²) in [6, 6.07) is 6.64. The first-order valence-electron chi connectivity index (χ1n) is 6.41. The minimum atomic E-state index is 0.346. The quantitative estimate of drug-likeness (QED) is 0.663. The third-order valence-corrected chi connectivity index (χ3v) is 3.87. The molecule has 0 fully saturated rings. The Morgan fingerprint density at radius 1 is 1.28 bits per heavy atom. The molecule has 4 heteroatoms. The molecule has 0 aliphatic carbocycles. The molecule has 1 rings (SSSR count). The Bertz CT molecular complexity index is 358. The van der Waals surface area contributed by atoms with Crippen LogP contribution in [0.4, 0.5) is 0 Å². The van der Waals surface area contributed by atoms with Crippen LogP contribution in [0.5, 0.6) is 0 Å². The van der Waals surface area contributed by atoms with Crippen LogP contribution in [0.1, 0.15) is 38.3 Å². The summed E-state index contributed by atoms with van der Waals surface area (Å²) in [6.45, 7) is 7.00. The van der Waals surface area contributed by atoms with Gasteiger partial charge in [-0.25, -0.2) is 0 Å². The highest BCUT2D eigenvalue weighted by Crippen LogP contribution is 2.26. The lowest BCUT2D eigenvalue weighted by Crippen LogP contribution is -2.21. The van der Waals surface area contributed by atoms with Crippen molar-refractivity contribution in [1.82, 2.24) is 5.32 Å². The van der Waals surface area contributed by atoms with Crippen molar-refractivity contribution in [2.75, 3.05) is 19.8 Å². The van der Waals surface area contributed by atoms with Crippen molar-refractivity contribution < 1.29 is 4.74 Å². The molecule has 0 radical (unpaired) electrons. The average molecular weight is 379 g/mol. The van der Waals surface area contributed by atoms with Gasteiger partial charge in [0.15, 0.2) is 0 Å². The van der Waals surface area contributed by atoms with Crippen LogP contribution in [0.3, 0.4) is 0 Å². The predicted molar refractivity (Wildman–Crippen MR) is 84.0 cm³/mol. The number of benzene rings is 1. The van der Waals surface area contributed by atoms with Crippen molar-refractivity contribution in [3.05, 3.63) is 32.7 Å². The van der Waals surface area contributed by atoms with Gasteiger partial charge in [0.25, 0.3) is 0 Å². The van der Waals surface area contributed by atoms with E-state index < -0.39 is 0 Å². The number of hydrogen-bond donors (Lipinski definition) is 1. The van der Waals surface area contributed by atoms with Crippen LogP contribution in [0, 0.1) is 0 Å². The standard InChI is InChI=1S/C14H21Br2NO/c1-3-8-18-9-4-7-17-11(2)13-6-5-12(15)10-14(13)16/h5-6,10-11,17H,3-4,7-9H2,1-2H3. The number of nitrogens with one attached hydrogen (secondary N) is 1. The highest BCUT2D eigenvalue weighted by atomic mass is 79.9. The maximum Gasteiger partial charge on any atom is 0.0478 e. The zero-order chi connectivity index (χ0) is 13.4. The van der Waals surface area contributed by atoms with Crippen LogP contribution in [0.25, 0.3) is 0 Å². The van der Waals surface area contributed by atoms with E-state index in [-0.39, 0.29) is 0 Å². The zero-order valence-electron chi connectivity index (χ0n) is 11.0. The smallest absolute Gasteiger partial charge is 0.0478 e. The molecule has 0 aliphatic rings. The normalized spacial score (nSPS) is 12.7. The van der Waals surface area contributed by atoms with Gasteiger partial charge in [0, 0.05) is 28.2 Å². The SMILES string of the molecule is CCCOCCCNC(C)c1ccc(Br)cc1Br. The molecule has 2 nitrogen and oxygen atoms in total. The largest absolute Gasteiger partial charge is 0.381 e. The fourth-order valence-electron chi connectivity index (χ4n) is 1.70. The Labute approximate surface area is 127 Å². The molecule has 0 saturated heterocycles. The third kappa shape index (κ3) is 5.83. The summed E-state index contributed by atoms with van der Waals surface area (Å²) < 4.78 is 7.69. The van der Waals surface area contributed by atoms with E-state index in [2.05, 4.69) is 69.2 Å². The topological polar surface area (TPSA) is 21.3 Å². The Kier molecular flexibility index (Phi) is 8.15. The van der Waals surface area contributed by atoms with E-state index in [4.69, 9.17) is 4.74 Å². The number of ether oxygens (including phenoxy) is 1. The Morgan fingerprint density at radius 2 is 2.06 bits per heavy atom. The molecule has 0 aliphatic heterocycles. The molecule has 1 aromatic carbocycles. The van der Waals surface area contributed by atoms with Gasteiger partial charge in [-0.1, -0.05) is 44.8 Å². The molecule has 0 spiro atoms. The Hall–Kier alpha value is 0.1000. The molecule has 1 aromatic rings. The molecule has 1 unspecified atom stereocenters. The first kappa shape index (κ1) is 16.2. The molecule has 0 heterocycles. The molecule has 102 valence electrons. The minimum Gasteiger partial charge on any atom is -0.381 e. The van der Waals surface area contributed by atoms with E-state index >= 15 is 0 Å². The van der Waals surface area contributed by atoms with Crippen molar-refractivity contribution in [1.29, 1.82) is 0 Å². The Morgan fingerprint density at radius 3 is 2.72 bits per heavy atom. The van der Waals surface area contributed by atoms with Gasteiger partial charge in [-0.3, -0.25) is 0 Å². The molecule has 0 bridgehead atoms. The fraction of sp³-hybridized carbons (Fsp3) is 0.571. The molecular formula is C14H21Br2NO. The summed E-state index contributed by atoms with van der Waals surface area (Å²) in [5.74, 6) is 0. The van der Waals surface area contributed by atoms with E-state index in [0.717, 1.165) is 41.5 Å². The van der Waals surface area contributed by atoms with Gasteiger partial charge in [0.05, 0.1) is 0 Å². The van der Waals surface area contributed by atoms with E-state index in [1.165, 1.54) is 5.56 Å². The molecule has 18 heavy (non-hydrogen) atoms. The van der Waals surface area contributed by atoms with Gasteiger partial charge in [0.2, 0.25) is 0 Å². The number of rotatable bonds is 8. The van der Waals surface area contributed by atoms with E-state index in [1.807, 2.05) is 0 Å². The maximum atomic E-state index is 5.45. The molecule has 0 saturated carbocycles. The maximum absolute atomic E-state index is 5.45. The molecular weight excluding hydrogens is 358 g/mol. The lowest BCUT2D eigenvalue weighted by atomic mass is 10.1. The molecule has 1 atom stereocenters. The van der Waals surface area contributed by atoms with Gasteiger partial charge >= 0.3 is 0 Å². The third-order valence-electron chi connectivity index (χ3n) is 2.69. The van der Waals surface area contributed by atoms with E-state index in [1.54, 1.807) is 0 Å². The zero-order valence-corrected chi connectivity index (χ0v) is 14.2. The Balaban J connectivity index is 2.29. The molecule has 0 aromatic heterocycles. The van der Waals surface area contributed by atoms with Gasteiger partial charge in [0.1, 0.15) is 0 Å². The summed E-state index contributed by atoms with van der Waals surface area (Å²) in [7, 11) is 0. The van der Waals surface area contributed by atoms with Crippen molar-refractivity contribution in [3.8, 4) is 0 Å². The van der Waals surface area contributed by atoms with Crippen molar-refractivity contribution in [2.24, 2.45) is 0 Å². The van der Waals surface area contributed by atoms with Crippen LogP contribution in [0.2, 0.25) is 0 Å². The van der Waals surface area contributed by atoms with Crippen LogP contribution >= 0.6 is 31.9 Å². The van der Waals surface area contributed by atoms with Gasteiger partial charge in [-0.2, -0.15) is 0 Å². The highest BCUT2D eigenvalue weighted by molar-refractivity contribution is 9.11. The van der Waals surface area contributed by atoms with Crippen molar-refractivity contribution in [3.63, 3.8) is 0 Å². The first-order valence-corrected chi connectivity index (χ1v) is 7.99. The van der Waals surface area contributed by atoms with Crippen molar-refractivity contribution in [2.45, 2.75) is 32.7 Å². The van der Waals surface area contributed by atoms with E-state index in [9.17, 15) is 0 Å². The second-order valence-corrected chi connectivity index (χ2v) is 6.08. The second-order valence-electron chi connectivity index (χ2n) is 4.31. The highest BCUT2D eigenvalue weighted by Gasteiger charge is 2.08. The molecule has 1 N–H and O–H groups in total. The van der Waals surface area contributed by atoms with Crippen molar-refractivity contribution >= 4 is 31.9 Å². The first-order chi connectivity index (χ1) is 8.65. The van der Waals surface area contributed by atoms with Gasteiger partial charge in [-0.05, 0) is 44.0 Å². The lowest BCUT2D eigenvalue weighted by Gasteiger charge is -2.16. The van der Waals surface area contributed by atoms with Crippen LogP contribution in [0.15, 0.2) is 27.1 Å². The summed E-state index contributed by atoms with van der Waals surface area (Å²) in [5, 5.41) is 3.51. The van der Waals surface area contributed by atoms with Crippen LogP contribution < -0.4 is 5.32 Å². The fourth-order valence-corrected chi connectivity index (χ4v) is 3.09. The second kappa shape index (κ2) is 9.08. The lowest BCUT2D eigenvalue weighted by molar-refractivity contribution is 0.132. The minimum absolute atomic E-state index is 0.346. The monoisotopic (exact) mass is 377 g/mol. The van der Waals surface area contributed by atoms with Crippen LogP contribution in [-0.4, -0.2) is 19.8 Å². The molecule has 0 amide bonds. The van der Waals surface area contributed by atoms with Gasteiger partial charge in [-0.15, -0.1) is 0 Å². The summed E-state index contributed by atoms with van der Waals surface area (Å²) >= 11 is 7.06. The van der Waals surface area contributed by atoms with Crippen LogP contribution in [-0.2, 0) is 4.74 Å². The summed E-state index contributed by atoms with van der Waals surface area (Å²) in [6.07, 6.45) is 2.15. The van der Waals surface area contributed by atoms with E-state index in [0.29, 0.717) is 6.04 Å². The predicted octanol–water partition coefficient (Wildman–Crippen LogP) is 4.68. The summed E-state index contributed by atoms with van der Waals surface area (Å²) in [5.41, 5.74) is 1.28. The summed E-state index contributed by atoms with van der Waals surface area (Å²) in [4.78, 5) is 0. The number of hydrogen-bond acceptors (Lipinski definition) is 2. The average Bonchev–Trinajstić information content (AvgIpc) is 2.33. The van der Waals surface area contributed by atoms with Gasteiger partial charge < -0.3 is 10.1 Å². The number of halogens is 2.